The zero-order chi connectivity index (χ0) is 14.4. The van der Waals surface area contributed by atoms with E-state index in [0.717, 1.165) is 23.5 Å². The Morgan fingerprint density at radius 3 is 2.55 bits per heavy atom. The first kappa shape index (κ1) is 14.2. The quantitative estimate of drug-likeness (QED) is 0.706. The maximum atomic E-state index is 9.00. The molecule has 0 aromatic heterocycles. The summed E-state index contributed by atoms with van der Waals surface area (Å²) in [6.45, 7) is 0.832. The Labute approximate surface area is 119 Å². The first-order valence-corrected chi connectivity index (χ1v) is 6.59. The number of benzene rings is 2. The predicted molar refractivity (Wildman–Crippen MR) is 82.0 cm³/mol. The van der Waals surface area contributed by atoms with Gasteiger partial charge in [-0.15, -0.1) is 0 Å². The molecule has 2 aromatic carbocycles. The molecule has 2 aromatic rings. The molecule has 2 rings (SSSR count). The second-order valence-corrected chi connectivity index (χ2v) is 4.59. The molecule has 0 bridgehead atoms. The van der Waals surface area contributed by atoms with Crippen LogP contribution in [0.5, 0.6) is 5.75 Å². The van der Waals surface area contributed by atoms with Crippen molar-refractivity contribution < 1.29 is 9.84 Å². The molecule has 0 unspecified atom stereocenters. The normalized spacial score (nSPS) is 10.3. The van der Waals surface area contributed by atoms with Crippen LogP contribution in [0.15, 0.2) is 42.5 Å². The molecule has 0 aliphatic heterocycles. The summed E-state index contributed by atoms with van der Waals surface area (Å²) in [7, 11) is 1.66. The number of nitrogen functional groups attached to an aromatic ring is 1. The highest BCUT2D eigenvalue weighted by molar-refractivity contribution is 5.57. The lowest BCUT2D eigenvalue weighted by Crippen LogP contribution is -2.02. The van der Waals surface area contributed by atoms with E-state index in [1.807, 2.05) is 42.5 Å². The smallest absolute Gasteiger partial charge is 0.118 e. The van der Waals surface area contributed by atoms with Crippen LogP contribution in [0.2, 0.25) is 0 Å². The minimum Gasteiger partial charge on any atom is -0.497 e. The second-order valence-electron chi connectivity index (χ2n) is 4.59. The minimum absolute atomic E-state index is 0.103. The molecular weight excluding hydrogens is 252 g/mol. The Balaban J connectivity index is 2.00. The summed E-state index contributed by atoms with van der Waals surface area (Å²) in [4.78, 5) is 0. The van der Waals surface area contributed by atoms with Gasteiger partial charge in [0, 0.05) is 24.5 Å². The Morgan fingerprint density at radius 2 is 1.90 bits per heavy atom. The summed E-state index contributed by atoms with van der Waals surface area (Å²) in [5, 5.41) is 12.4. The number of methoxy groups -OCH3 is 1. The highest BCUT2D eigenvalue weighted by atomic mass is 16.5. The van der Waals surface area contributed by atoms with E-state index in [1.54, 1.807) is 7.11 Å². The van der Waals surface area contributed by atoms with Crippen LogP contribution in [0.4, 0.5) is 11.4 Å². The van der Waals surface area contributed by atoms with Crippen LogP contribution in [0.3, 0.4) is 0 Å². The van der Waals surface area contributed by atoms with Gasteiger partial charge < -0.3 is 20.9 Å². The van der Waals surface area contributed by atoms with E-state index in [2.05, 4.69) is 5.32 Å². The van der Waals surface area contributed by atoms with E-state index in [1.165, 1.54) is 5.56 Å². The molecule has 4 heteroatoms. The van der Waals surface area contributed by atoms with Crippen molar-refractivity contribution in [1.82, 2.24) is 0 Å². The Kier molecular flexibility index (Phi) is 4.85. The Morgan fingerprint density at radius 1 is 1.15 bits per heavy atom. The van der Waals surface area contributed by atoms with Crippen LogP contribution in [0.25, 0.3) is 0 Å². The molecule has 0 amide bonds. The molecule has 4 N–H and O–H groups in total. The van der Waals surface area contributed by atoms with Gasteiger partial charge in [0.15, 0.2) is 0 Å². The molecule has 20 heavy (non-hydrogen) atoms. The Hall–Kier alpha value is -2.20. The van der Waals surface area contributed by atoms with Gasteiger partial charge in [-0.2, -0.15) is 0 Å². The molecule has 0 spiro atoms. The van der Waals surface area contributed by atoms with Gasteiger partial charge in [0.1, 0.15) is 5.75 Å². The van der Waals surface area contributed by atoms with Crippen LogP contribution < -0.4 is 15.8 Å². The summed E-state index contributed by atoms with van der Waals surface area (Å²) in [6, 6.07) is 13.7. The summed E-state index contributed by atoms with van der Waals surface area (Å²) >= 11 is 0. The van der Waals surface area contributed by atoms with Crippen molar-refractivity contribution in [2.75, 3.05) is 24.8 Å². The Bertz CT molecular complexity index is 553. The zero-order valence-electron chi connectivity index (χ0n) is 11.6. The van der Waals surface area contributed by atoms with Crippen molar-refractivity contribution in [3.05, 3.63) is 53.6 Å². The van der Waals surface area contributed by atoms with Gasteiger partial charge in [-0.1, -0.05) is 12.1 Å². The van der Waals surface area contributed by atoms with Crippen molar-refractivity contribution in [3.63, 3.8) is 0 Å². The number of aliphatic hydroxyl groups excluding tert-OH is 1. The fourth-order valence-corrected chi connectivity index (χ4v) is 2.00. The lowest BCUT2D eigenvalue weighted by atomic mass is 10.1. The fourth-order valence-electron chi connectivity index (χ4n) is 2.00. The van der Waals surface area contributed by atoms with Gasteiger partial charge in [0.25, 0.3) is 0 Å². The van der Waals surface area contributed by atoms with Crippen LogP contribution in [0, 0.1) is 0 Å². The number of ether oxygens (including phenoxy) is 1. The fraction of sp³-hybridized carbons (Fsp3) is 0.250. The molecule has 4 nitrogen and oxygen atoms in total. The van der Waals surface area contributed by atoms with Crippen molar-refractivity contribution in [2.24, 2.45) is 0 Å². The van der Waals surface area contributed by atoms with Crippen molar-refractivity contribution in [1.29, 1.82) is 0 Å². The molecule has 106 valence electrons. The molecule has 0 saturated heterocycles. The van der Waals surface area contributed by atoms with Gasteiger partial charge >= 0.3 is 0 Å². The lowest BCUT2D eigenvalue weighted by molar-refractivity contribution is 0.300. The number of hydrogen-bond donors (Lipinski definition) is 3. The van der Waals surface area contributed by atoms with Crippen LogP contribution in [-0.4, -0.2) is 18.8 Å². The number of nitrogens with two attached hydrogens (primary N) is 1. The van der Waals surface area contributed by atoms with Gasteiger partial charge in [0.05, 0.1) is 7.11 Å². The van der Waals surface area contributed by atoms with Gasteiger partial charge in [-0.25, -0.2) is 0 Å². The predicted octanol–water partition coefficient (Wildman–Crippen LogP) is 2.42. The first-order chi connectivity index (χ1) is 9.72. The van der Waals surface area contributed by atoms with Crippen LogP contribution >= 0.6 is 0 Å². The average Bonchev–Trinajstić information content (AvgIpc) is 2.49. The number of aliphatic hydroxyl groups is 1. The third-order valence-electron chi connectivity index (χ3n) is 3.18. The third-order valence-corrected chi connectivity index (χ3v) is 3.18. The highest BCUT2D eigenvalue weighted by Gasteiger charge is 2.01. The van der Waals surface area contributed by atoms with Crippen LogP contribution in [0.1, 0.15) is 11.1 Å². The third kappa shape index (κ3) is 3.65. The minimum atomic E-state index is 0.103. The van der Waals surface area contributed by atoms with Crippen molar-refractivity contribution in [2.45, 2.75) is 13.0 Å². The molecule has 0 aliphatic carbocycles. The highest BCUT2D eigenvalue weighted by Crippen LogP contribution is 2.19. The molecule has 0 aliphatic rings. The average molecular weight is 272 g/mol. The summed E-state index contributed by atoms with van der Waals surface area (Å²) in [5.41, 5.74) is 9.71. The lowest BCUT2D eigenvalue weighted by Gasteiger charge is -2.10. The molecule has 0 radical (unpaired) electrons. The second kappa shape index (κ2) is 6.82. The van der Waals surface area contributed by atoms with Gasteiger partial charge in [-0.3, -0.25) is 0 Å². The van der Waals surface area contributed by atoms with E-state index in [0.29, 0.717) is 12.1 Å². The number of rotatable bonds is 6. The maximum Gasteiger partial charge on any atom is 0.118 e. The molecule has 0 atom stereocenters. The number of nitrogens with one attached hydrogen (secondary N) is 1. The van der Waals surface area contributed by atoms with Gasteiger partial charge in [-0.05, 0) is 47.9 Å². The van der Waals surface area contributed by atoms with E-state index in [4.69, 9.17) is 15.6 Å². The van der Waals surface area contributed by atoms with E-state index >= 15 is 0 Å². The van der Waals surface area contributed by atoms with E-state index in [-0.39, 0.29) is 6.61 Å². The standard InChI is InChI=1S/C16H20N2O2/c1-20-15-5-2-12(3-6-15)11-18-14-4-7-16(17)13(10-14)8-9-19/h2-7,10,18-19H,8-9,11,17H2,1H3. The van der Waals surface area contributed by atoms with Crippen LogP contribution in [-0.2, 0) is 13.0 Å². The van der Waals surface area contributed by atoms with Crippen molar-refractivity contribution in [3.8, 4) is 5.75 Å². The largest absolute Gasteiger partial charge is 0.497 e. The zero-order valence-corrected chi connectivity index (χ0v) is 11.6. The monoisotopic (exact) mass is 272 g/mol. The molecular formula is C16H20N2O2. The number of hydrogen-bond acceptors (Lipinski definition) is 4. The van der Waals surface area contributed by atoms with E-state index in [9.17, 15) is 0 Å². The first-order valence-electron chi connectivity index (χ1n) is 6.59. The van der Waals surface area contributed by atoms with Crippen molar-refractivity contribution >= 4 is 11.4 Å². The maximum absolute atomic E-state index is 9.00. The number of anilines is 2. The van der Waals surface area contributed by atoms with E-state index < -0.39 is 0 Å². The summed E-state index contributed by atoms with van der Waals surface area (Å²) in [6.07, 6.45) is 0.573. The molecule has 0 heterocycles. The summed E-state index contributed by atoms with van der Waals surface area (Å²) in [5.74, 6) is 0.853. The molecule has 0 saturated carbocycles. The molecule has 0 fully saturated rings. The SMILES string of the molecule is COc1ccc(CNc2ccc(N)c(CCO)c2)cc1. The topological polar surface area (TPSA) is 67.5 Å². The van der Waals surface area contributed by atoms with Gasteiger partial charge in [0.2, 0.25) is 0 Å². The summed E-state index contributed by atoms with van der Waals surface area (Å²) < 4.78 is 5.13.